The van der Waals surface area contributed by atoms with Crippen LogP contribution in [0.2, 0.25) is 0 Å². The molecule has 1 atom stereocenters. The van der Waals surface area contributed by atoms with E-state index in [1.165, 1.54) is 6.07 Å². The van der Waals surface area contributed by atoms with E-state index in [4.69, 9.17) is 0 Å². The van der Waals surface area contributed by atoms with Crippen LogP contribution in [-0.2, 0) is 0 Å². The first-order valence-electron chi connectivity index (χ1n) is 6.32. The van der Waals surface area contributed by atoms with Gasteiger partial charge < -0.3 is 10.4 Å². The Hall–Kier alpha value is -2.56. The summed E-state index contributed by atoms with van der Waals surface area (Å²) >= 11 is 0. The number of phenolic OH excluding ortho intramolecular Hbond substituents is 1. The number of aromatic nitrogens is 2. The molecule has 1 aromatic heterocycles. The summed E-state index contributed by atoms with van der Waals surface area (Å²) in [7, 11) is 0. The van der Waals surface area contributed by atoms with Gasteiger partial charge in [0.1, 0.15) is 11.6 Å². The number of hydrogen-bond donors (Lipinski definition) is 3. The first kappa shape index (κ1) is 12.5. The van der Waals surface area contributed by atoms with Crippen LogP contribution in [0.4, 0.5) is 10.1 Å². The summed E-state index contributed by atoms with van der Waals surface area (Å²) in [4.78, 5) is 0. The zero-order valence-electron chi connectivity index (χ0n) is 10.9. The molecule has 0 saturated carbocycles. The predicted molar refractivity (Wildman–Crippen MR) is 76.2 cm³/mol. The van der Waals surface area contributed by atoms with E-state index in [-0.39, 0.29) is 11.8 Å². The van der Waals surface area contributed by atoms with E-state index >= 15 is 0 Å². The second-order valence-electron chi connectivity index (χ2n) is 4.71. The summed E-state index contributed by atoms with van der Waals surface area (Å²) in [6.45, 7) is 1.87. The average Bonchev–Trinajstić information content (AvgIpc) is 2.87. The Morgan fingerprint density at radius 2 is 2.15 bits per heavy atom. The van der Waals surface area contributed by atoms with Gasteiger partial charge in [-0.3, -0.25) is 5.10 Å². The van der Waals surface area contributed by atoms with E-state index in [0.29, 0.717) is 5.56 Å². The molecule has 0 amide bonds. The van der Waals surface area contributed by atoms with E-state index < -0.39 is 5.82 Å². The van der Waals surface area contributed by atoms with Crippen LogP contribution < -0.4 is 5.32 Å². The number of aromatic amines is 1. The largest absolute Gasteiger partial charge is 0.508 e. The molecular weight excluding hydrogens is 257 g/mol. The van der Waals surface area contributed by atoms with Crippen LogP contribution >= 0.6 is 0 Å². The third-order valence-corrected chi connectivity index (χ3v) is 3.31. The third-order valence-electron chi connectivity index (χ3n) is 3.31. The van der Waals surface area contributed by atoms with E-state index in [0.717, 1.165) is 22.7 Å². The van der Waals surface area contributed by atoms with Gasteiger partial charge in [0.15, 0.2) is 0 Å². The van der Waals surface area contributed by atoms with Crippen molar-refractivity contribution in [3.8, 4) is 5.75 Å². The minimum atomic E-state index is -0.427. The zero-order chi connectivity index (χ0) is 14.1. The van der Waals surface area contributed by atoms with Gasteiger partial charge in [0.25, 0.3) is 0 Å². The number of anilines is 1. The van der Waals surface area contributed by atoms with E-state index in [1.54, 1.807) is 12.3 Å². The van der Waals surface area contributed by atoms with Crippen molar-refractivity contribution in [2.45, 2.75) is 13.0 Å². The maximum Gasteiger partial charge on any atom is 0.132 e. The number of rotatable bonds is 3. The Balaban J connectivity index is 1.92. The van der Waals surface area contributed by atoms with Crippen LogP contribution in [0.15, 0.2) is 42.6 Å². The third kappa shape index (κ3) is 2.18. The molecule has 0 aliphatic heterocycles. The van der Waals surface area contributed by atoms with Gasteiger partial charge in [-0.05, 0) is 25.1 Å². The first-order chi connectivity index (χ1) is 9.65. The maximum atomic E-state index is 13.8. The molecule has 0 fully saturated rings. The number of hydrogen-bond acceptors (Lipinski definition) is 3. The lowest BCUT2D eigenvalue weighted by Gasteiger charge is -2.17. The summed E-state index contributed by atoms with van der Waals surface area (Å²) in [5.74, 6) is -0.500. The van der Waals surface area contributed by atoms with E-state index in [2.05, 4.69) is 15.5 Å². The molecule has 0 saturated heterocycles. The first-order valence-corrected chi connectivity index (χ1v) is 6.32. The molecule has 1 heterocycles. The molecule has 3 N–H and O–H groups in total. The van der Waals surface area contributed by atoms with Gasteiger partial charge in [-0.25, -0.2) is 4.39 Å². The Bertz CT molecular complexity index is 754. The van der Waals surface area contributed by atoms with Crippen molar-refractivity contribution in [3.63, 3.8) is 0 Å². The minimum absolute atomic E-state index is 0.0737. The molecule has 0 bridgehead atoms. The van der Waals surface area contributed by atoms with Gasteiger partial charge in [-0.2, -0.15) is 5.10 Å². The molecular formula is C15H14FN3O. The topological polar surface area (TPSA) is 60.9 Å². The molecule has 0 radical (unpaired) electrons. The molecule has 4 nitrogen and oxygen atoms in total. The quantitative estimate of drug-likeness (QED) is 0.682. The Morgan fingerprint density at radius 3 is 2.95 bits per heavy atom. The van der Waals surface area contributed by atoms with Crippen molar-refractivity contribution in [1.82, 2.24) is 10.2 Å². The highest BCUT2D eigenvalue weighted by molar-refractivity contribution is 5.90. The van der Waals surface area contributed by atoms with Gasteiger partial charge in [-0.15, -0.1) is 0 Å². The standard InChI is InChI=1S/C15H14FN3O/c1-9(11-6-5-10(20)7-13(11)16)18-14-3-2-4-15-12(14)8-17-19-15/h2-9,18,20H,1H3,(H,17,19). The summed E-state index contributed by atoms with van der Waals surface area (Å²) in [6.07, 6.45) is 1.73. The smallest absolute Gasteiger partial charge is 0.132 e. The second kappa shape index (κ2) is 4.85. The summed E-state index contributed by atoms with van der Waals surface area (Å²) in [5.41, 5.74) is 2.31. The maximum absolute atomic E-state index is 13.8. The van der Waals surface area contributed by atoms with E-state index in [1.807, 2.05) is 25.1 Å². The lowest BCUT2D eigenvalue weighted by atomic mass is 10.1. The number of aromatic hydroxyl groups is 1. The van der Waals surface area contributed by atoms with Crippen molar-refractivity contribution in [2.24, 2.45) is 0 Å². The van der Waals surface area contributed by atoms with Crippen molar-refractivity contribution >= 4 is 16.6 Å². The van der Waals surface area contributed by atoms with Crippen LogP contribution in [0, 0.1) is 5.82 Å². The van der Waals surface area contributed by atoms with Gasteiger partial charge in [0, 0.05) is 22.7 Å². The zero-order valence-corrected chi connectivity index (χ0v) is 10.9. The lowest BCUT2D eigenvalue weighted by Crippen LogP contribution is -2.08. The van der Waals surface area contributed by atoms with Crippen LogP contribution in [0.1, 0.15) is 18.5 Å². The number of fused-ring (bicyclic) bond motifs is 1. The number of H-pyrrole nitrogens is 1. The van der Waals surface area contributed by atoms with Crippen LogP contribution in [-0.4, -0.2) is 15.3 Å². The second-order valence-corrected chi connectivity index (χ2v) is 4.71. The molecule has 0 aliphatic carbocycles. The van der Waals surface area contributed by atoms with Crippen LogP contribution in [0.25, 0.3) is 10.9 Å². The van der Waals surface area contributed by atoms with Gasteiger partial charge in [0.05, 0.1) is 17.8 Å². The molecule has 20 heavy (non-hydrogen) atoms. The van der Waals surface area contributed by atoms with Crippen molar-refractivity contribution in [3.05, 3.63) is 54.0 Å². The van der Waals surface area contributed by atoms with Crippen molar-refractivity contribution in [2.75, 3.05) is 5.32 Å². The van der Waals surface area contributed by atoms with Gasteiger partial charge in [-0.1, -0.05) is 12.1 Å². The summed E-state index contributed by atoms with van der Waals surface area (Å²) in [5, 5.41) is 20.4. The van der Waals surface area contributed by atoms with Gasteiger partial charge >= 0.3 is 0 Å². The van der Waals surface area contributed by atoms with Crippen LogP contribution in [0.3, 0.4) is 0 Å². The monoisotopic (exact) mass is 271 g/mol. The highest BCUT2D eigenvalue weighted by Gasteiger charge is 2.13. The molecule has 5 heteroatoms. The molecule has 0 spiro atoms. The average molecular weight is 271 g/mol. The van der Waals surface area contributed by atoms with Crippen LogP contribution in [0.5, 0.6) is 5.75 Å². The molecule has 0 aliphatic rings. The Morgan fingerprint density at radius 1 is 1.30 bits per heavy atom. The fourth-order valence-electron chi connectivity index (χ4n) is 2.27. The summed E-state index contributed by atoms with van der Waals surface area (Å²) < 4.78 is 13.8. The normalized spacial score (nSPS) is 12.5. The number of nitrogens with zero attached hydrogens (tertiary/aromatic N) is 1. The Kier molecular flexibility index (Phi) is 3.02. The number of benzene rings is 2. The highest BCUT2D eigenvalue weighted by atomic mass is 19.1. The molecule has 3 aromatic rings. The lowest BCUT2D eigenvalue weighted by molar-refractivity contribution is 0.467. The fraction of sp³-hybridized carbons (Fsp3) is 0.133. The number of nitrogens with one attached hydrogen (secondary N) is 2. The summed E-state index contributed by atoms with van der Waals surface area (Å²) in [6, 6.07) is 9.71. The SMILES string of the molecule is CC(Nc1cccc2[nH]ncc12)c1ccc(O)cc1F. The van der Waals surface area contributed by atoms with Crippen molar-refractivity contribution in [1.29, 1.82) is 0 Å². The fourth-order valence-corrected chi connectivity index (χ4v) is 2.27. The molecule has 3 rings (SSSR count). The molecule has 1 unspecified atom stereocenters. The number of halogens is 1. The molecule has 2 aromatic carbocycles. The van der Waals surface area contributed by atoms with Gasteiger partial charge in [0.2, 0.25) is 0 Å². The predicted octanol–water partition coefficient (Wildman–Crippen LogP) is 3.58. The molecule has 102 valence electrons. The van der Waals surface area contributed by atoms with Crippen molar-refractivity contribution < 1.29 is 9.50 Å². The number of phenols is 1. The minimum Gasteiger partial charge on any atom is -0.508 e. The Labute approximate surface area is 115 Å². The highest BCUT2D eigenvalue weighted by Crippen LogP contribution is 2.28. The van der Waals surface area contributed by atoms with E-state index in [9.17, 15) is 9.50 Å².